The Morgan fingerprint density at radius 3 is 2.41 bits per heavy atom. The van der Waals surface area contributed by atoms with Crippen LogP contribution in [0, 0.1) is 5.82 Å². The van der Waals surface area contributed by atoms with Crippen molar-refractivity contribution in [1.82, 2.24) is 20.0 Å². The van der Waals surface area contributed by atoms with Crippen LogP contribution >= 0.6 is 0 Å². The highest BCUT2D eigenvalue weighted by molar-refractivity contribution is 6.46. The molecule has 2 unspecified atom stereocenters. The standard InChI is InChI=1S/C21H24FN5O5/c1-25(2)20(31)21(32)26(3)14-5-4-10-27-17(14)24-15(16(28)19(27)30)18(29)23-11-12-6-8-13(22)9-7-12/h6-9,14-15H,4-5,10-11H2,1-3H3,(H,23,29). The van der Waals surface area contributed by atoms with Crippen LogP contribution in [0.5, 0.6) is 0 Å². The van der Waals surface area contributed by atoms with E-state index in [1.807, 2.05) is 0 Å². The van der Waals surface area contributed by atoms with Gasteiger partial charge in [0.25, 0.3) is 17.6 Å². The molecule has 2 heterocycles. The van der Waals surface area contributed by atoms with E-state index < -0.39 is 47.3 Å². The Bertz CT molecular complexity index is 991. The normalized spacial score (nSPS) is 20.2. The van der Waals surface area contributed by atoms with Crippen LogP contribution in [0.25, 0.3) is 0 Å². The zero-order valence-corrected chi connectivity index (χ0v) is 18.0. The lowest BCUT2D eigenvalue weighted by atomic mass is 9.98. The number of nitrogens with one attached hydrogen (secondary N) is 1. The molecule has 32 heavy (non-hydrogen) atoms. The summed E-state index contributed by atoms with van der Waals surface area (Å²) >= 11 is 0. The molecule has 0 radical (unpaired) electrons. The number of rotatable bonds is 4. The summed E-state index contributed by atoms with van der Waals surface area (Å²) in [7, 11) is 4.32. The minimum absolute atomic E-state index is 0.0187. The van der Waals surface area contributed by atoms with Crippen LogP contribution in [0.15, 0.2) is 29.3 Å². The lowest BCUT2D eigenvalue weighted by Crippen LogP contribution is -2.62. The van der Waals surface area contributed by atoms with Crippen LogP contribution < -0.4 is 5.32 Å². The first-order valence-electron chi connectivity index (χ1n) is 10.1. The maximum absolute atomic E-state index is 13.0. The molecular weight excluding hydrogens is 421 g/mol. The number of carbonyl (C=O) groups excluding carboxylic acids is 5. The summed E-state index contributed by atoms with van der Waals surface area (Å²) in [5.74, 6) is -4.45. The van der Waals surface area contributed by atoms with Crippen molar-refractivity contribution in [2.45, 2.75) is 31.5 Å². The molecule has 2 aliphatic rings. The summed E-state index contributed by atoms with van der Waals surface area (Å²) in [4.78, 5) is 70.2. The third-order valence-corrected chi connectivity index (χ3v) is 5.40. The zero-order valence-electron chi connectivity index (χ0n) is 18.0. The second-order valence-electron chi connectivity index (χ2n) is 7.83. The average molecular weight is 445 g/mol. The summed E-state index contributed by atoms with van der Waals surface area (Å²) in [6, 6.07) is 3.12. The number of carbonyl (C=O) groups is 5. The molecule has 170 valence electrons. The van der Waals surface area contributed by atoms with Gasteiger partial charge in [0, 0.05) is 34.2 Å². The molecule has 1 aromatic rings. The Morgan fingerprint density at radius 2 is 1.78 bits per heavy atom. The van der Waals surface area contributed by atoms with Crippen LogP contribution in [0.1, 0.15) is 18.4 Å². The minimum atomic E-state index is -1.59. The minimum Gasteiger partial charge on any atom is -0.350 e. The first-order chi connectivity index (χ1) is 15.1. The summed E-state index contributed by atoms with van der Waals surface area (Å²) in [5, 5.41) is 2.53. The van der Waals surface area contributed by atoms with E-state index in [1.165, 1.54) is 55.2 Å². The molecule has 1 aromatic carbocycles. The second-order valence-corrected chi connectivity index (χ2v) is 7.83. The predicted molar refractivity (Wildman–Crippen MR) is 111 cm³/mol. The van der Waals surface area contributed by atoms with Gasteiger partial charge < -0.3 is 15.1 Å². The maximum Gasteiger partial charge on any atom is 0.312 e. The van der Waals surface area contributed by atoms with Crippen LogP contribution in [-0.2, 0) is 30.5 Å². The SMILES string of the molecule is CN(C)C(=O)C(=O)N(C)C1CCCN2C(=O)C(=O)C(C(=O)NCc3ccc(F)cc3)N=C12. The lowest BCUT2D eigenvalue weighted by Gasteiger charge is -2.40. The Hall–Kier alpha value is -3.63. The van der Waals surface area contributed by atoms with Gasteiger partial charge in [-0.1, -0.05) is 12.1 Å². The fourth-order valence-corrected chi connectivity index (χ4v) is 3.58. The van der Waals surface area contributed by atoms with Gasteiger partial charge in [-0.05, 0) is 30.5 Å². The van der Waals surface area contributed by atoms with Crippen molar-refractivity contribution in [1.29, 1.82) is 0 Å². The third kappa shape index (κ3) is 4.51. The number of hydrogen-bond donors (Lipinski definition) is 1. The first kappa shape index (κ1) is 23.0. The van der Waals surface area contributed by atoms with Gasteiger partial charge in [0.1, 0.15) is 11.7 Å². The number of likely N-dealkylation sites (N-methyl/N-ethyl adjacent to an activating group) is 2. The highest BCUT2D eigenvalue weighted by atomic mass is 19.1. The van der Waals surface area contributed by atoms with E-state index in [4.69, 9.17) is 0 Å². The molecule has 3 rings (SSSR count). The number of nitrogens with zero attached hydrogens (tertiary/aromatic N) is 4. The summed E-state index contributed by atoms with van der Waals surface area (Å²) in [5.41, 5.74) is 0.603. The molecule has 0 aromatic heterocycles. The molecule has 1 saturated heterocycles. The van der Waals surface area contributed by atoms with Gasteiger partial charge in [-0.3, -0.25) is 28.9 Å². The third-order valence-electron chi connectivity index (χ3n) is 5.40. The van der Waals surface area contributed by atoms with Gasteiger partial charge in [-0.15, -0.1) is 0 Å². The molecule has 10 nitrogen and oxygen atoms in total. The van der Waals surface area contributed by atoms with E-state index in [2.05, 4.69) is 10.3 Å². The number of fused-ring (bicyclic) bond motifs is 1. The van der Waals surface area contributed by atoms with Crippen LogP contribution in [0.4, 0.5) is 4.39 Å². The fourth-order valence-electron chi connectivity index (χ4n) is 3.58. The Morgan fingerprint density at radius 1 is 1.12 bits per heavy atom. The molecular formula is C21H24FN5O5. The van der Waals surface area contributed by atoms with E-state index in [0.717, 1.165) is 4.90 Å². The average Bonchev–Trinajstić information content (AvgIpc) is 2.78. The largest absolute Gasteiger partial charge is 0.350 e. The van der Waals surface area contributed by atoms with Crippen LogP contribution in [0.2, 0.25) is 0 Å². The predicted octanol–water partition coefficient (Wildman–Crippen LogP) is -0.671. The van der Waals surface area contributed by atoms with Gasteiger partial charge in [0.15, 0.2) is 6.04 Å². The second kappa shape index (κ2) is 9.25. The van der Waals surface area contributed by atoms with Gasteiger partial charge in [-0.2, -0.15) is 0 Å². The summed E-state index contributed by atoms with van der Waals surface area (Å²) < 4.78 is 13.0. The highest BCUT2D eigenvalue weighted by Crippen LogP contribution is 2.23. The van der Waals surface area contributed by atoms with E-state index in [9.17, 15) is 28.4 Å². The van der Waals surface area contributed by atoms with E-state index in [1.54, 1.807) is 0 Å². The van der Waals surface area contributed by atoms with Crippen molar-refractivity contribution in [3.8, 4) is 0 Å². The first-order valence-corrected chi connectivity index (χ1v) is 10.1. The molecule has 0 bridgehead atoms. The molecule has 2 atom stereocenters. The number of halogens is 1. The van der Waals surface area contributed by atoms with Crippen molar-refractivity contribution >= 4 is 35.2 Å². The molecule has 0 spiro atoms. The van der Waals surface area contributed by atoms with E-state index >= 15 is 0 Å². The number of hydrogen-bond acceptors (Lipinski definition) is 6. The van der Waals surface area contributed by atoms with Gasteiger partial charge in [-0.25, -0.2) is 9.38 Å². The quantitative estimate of drug-likeness (QED) is 0.487. The van der Waals surface area contributed by atoms with E-state index in [-0.39, 0.29) is 18.9 Å². The molecule has 0 saturated carbocycles. The molecule has 2 aliphatic heterocycles. The number of Topliss-reactive ketones (excluding diaryl/α,β-unsaturated/α-hetero) is 1. The smallest absolute Gasteiger partial charge is 0.312 e. The van der Waals surface area contributed by atoms with Crippen LogP contribution in [0.3, 0.4) is 0 Å². The van der Waals surface area contributed by atoms with Gasteiger partial charge in [0.2, 0.25) is 0 Å². The van der Waals surface area contributed by atoms with Crippen molar-refractivity contribution in [2.75, 3.05) is 27.7 Å². The number of ketones is 1. The van der Waals surface area contributed by atoms with Crippen LogP contribution in [-0.4, -0.2) is 89.7 Å². The Kier molecular flexibility index (Phi) is 6.66. The lowest BCUT2D eigenvalue weighted by molar-refractivity contribution is -0.151. The van der Waals surface area contributed by atoms with Gasteiger partial charge >= 0.3 is 11.8 Å². The van der Waals surface area contributed by atoms with Crippen molar-refractivity contribution < 1.29 is 28.4 Å². The van der Waals surface area contributed by atoms with Crippen molar-refractivity contribution in [2.24, 2.45) is 4.99 Å². The number of piperidine rings is 1. The Balaban J connectivity index is 1.82. The summed E-state index contributed by atoms with van der Waals surface area (Å²) in [6.45, 7) is 0.248. The van der Waals surface area contributed by atoms with Crippen molar-refractivity contribution in [3.05, 3.63) is 35.6 Å². The number of benzene rings is 1. The molecule has 4 amide bonds. The van der Waals surface area contributed by atoms with Gasteiger partial charge in [0.05, 0.1) is 6.04 Å². The highest BCUT2D eigenvalue weighted by Gasteiger charge is 2.46. The summed E-state index contributed by atoms with van der Waals surface area (Å²) in [6.07, 6.45) is 0.918. The maximum atomic E-state index is 13.0. The number of aliphatic imine (C=N–C) groups is 1. The Labute approximate surface area is 184 Å². The van der Waals surface area contributed by atoms with E-state index in [0.29, 0.717) is 18.4 Å². The molecule has 1 fully saturated rings. The number of amidine groups is 1. The zero-order chi connectivity index (χ0) is 23.6. The topological polar surface area (TPSA) is 119 Å². The molecule has 11 heteroatoms. The van der Waals surface area contributed by atoms with Crippen molar-refractivity contribution in [3.63, 3.8) is 0 Å². The monoisotopic (exact) mass is 445 g/mol. The molecule has 1 N–H and O–H groups in total. The fraction of sp³-hybridized carbons (Fsp3) is 0.429. The molecule has 0 aliphatic carbocycles. The number of amides is 4.